The maximum atomic E-state index is 12.4. The number of hydrogen-bond donors (Lipinski definition) is 1. The molecule has 4 nitrogen and oxygen atoms in total. The monoisotopic (exact) mass is 281 g/mol. The lowest BCUT2D eigenvalue weighted by Crippen LogP contribution is -2.47. The molecule has 1 aliphatic heterocycles. The molecule has 2 aliphatic rings. The van der Waals surface area contributed by atoms with Gasteiger partial charge in [0.25, 0.3) is 0 Å². The van der Waals surface area contributed by atoms with Crippen molar-refractivity contribution in [2.75, 3.05) is 27.2 Å². The third kappa shape index (κ3) is 4.45. The van der Waals surface area contributed by atoms with Gasteiger partial charge in [0, 0.05) is 31.6 Å². The summed E-state index contributed by atoms with van der Waals surface area (Å²) in [5.74, 6) is 1.04. The first-order valence-corrected chi connectivity index (χ1v) is 8.26. The van der Waals surface area contributed by atoms with E-state index in [2.05, 4.69) is 23.9 Å². The fourth-order valence-electron chi connectivity index (χ4n) is 3.68. The number of likely N-dealkylation sites (N-methyl/N-ethyl adjacent to an activating group) is 1. The lowest BCUT2D eigenvalue weighted by Gasteiger charge is -2.36. The minimum Gasteiger partial charge on any atom is -0.341 e. The number of hydrogen-bond acceptors (Lipinski definition) is 3. The molecule has 0 radical (unpaired) electrons. The molecule has 0 aromatic rings. The van der Waals surface area contributed by atoms with Gasteiger partial charge < -0.3 is 15.5 Å². The van der Waals surface area contributed by atoms with E-state index in [0.717, 1.165) is 38.8 Å². The van der Waals surface area contributed by atoms with E-state index in [9.17, 15) is 4.79 Å². The molecule has 0 aromatic heterocycles. The second-order valence-electron chi connectivity index (χ2n) is 6.93. The third-order valence-corrected chi connectivity index (χ3v) is 5.07. The van der Waals surface area contributed by atoms with Crippen LogP contribution in [0.5, 0.6) is 0 Å². The number of carbonyl (C=O) groups is 1. The highest BCUT2D eigenvalue weighted by Crippen LogP contribution is 2.27. The van der Waals surface area contributed by atoms with Crippen LogP contribution in [0.15, 0.2) is 0 Å². The zero-order valence-electron chi connectivity index (χ0n) is 13.2. The number of amides is 1. The van der Waals surface area contributed by atoms with Crippen LogP contribution in [0.4, 0.5) is 0 Å². The first-order valence-electron chi connectivity index (χ1n) is 8.26. The number of carbonyl (C=O) groups excluding carboxylic acids is 1. The summed E-state index contributed by atoms with van der Waals surface area (Å²) in [6.07, 6.45) is 8.91. The molecule has 0 spiro atoms. The summed E-state index contributed by atoms with van der Waals surface area (Å²) >= 11 is 0. The molecule has 116 valence electrons. The zero-order chi connectivity index (χ0) is 14.5. The maximum Gasteiger partial charge on any atom is 0.222 e. The second-order valence-corrected chi connectivity index (χ2v) is 6.93. The van der Waals surface area contributed by atoms with Crippen LogP contribution in [0.3, 0.4) is 0 Å². The van der Waals surface area contributed by atoms with Gasteiger partial charge in [0.05, 0.1) is 0 Å². The van der Waals surface area contributed by atoms with Crippen molar-refractivity contribution in [2.24, 2.45) is 11.7 Å². The highest BCUT2D eigenvalue weighted by Gasteiger charge is 2.26. The van der Waals surface area contributed by atoms with Crippen LogP contribution >= 0.6 is 0 Å². The fourth-order valence-corrected chi connectivity index (χ4v) is 3.68. The predicted molar refractivity (Wildman–Crippen MR) is 82.5 cm³/mol. The largest absolute Gasteiger partial charge is 0.341 e. The lowest BCUT2D eigenvalue weighted by atomic mass is 9.83. The minimum atomic E-state index is 0.357. The summed E-state index contributed by atoms with van der Waals surface area (Å²) in [6.45, 7) is 1.86. The van der Waals surface area contributed by atoms with Crippen LogP contribution in [0.2, 0.25) is 0 Å². The summed E-state index contributed by atoms with van der Waals surface area (Å²) in [5, 5.41) is 0. The minimum absolute atomic E-state index is 0.357. The van der Waals surface area contributed by atoms with E-state index in [1.165, 1.54) is 25.7 Å². The SMILES string of the molecule is CN(C)C1CCCN(C(=O)CCC2CCCC(N)C2)C1. The van der Waals surface area contributed by atoms with Gasteiger partial charge in [-0.2, -0.15) is 0 Å². The summed E-state index contributed by atoms with van der Waals surface area (Å²) in [6, 6.07) is 0.910. The first kappa shape index (κ1) is 15.8. The quantitative estimate of drug-likeness (QED) is 0.855. The normalized spacial score (nSPS) is 31.6. The highest BCUT2D eigenvalue weighted by atomic mass is 16.2. The van der Waals surface area contributed by atoms with Gasteiger partial charge in [-0.15, -0.1) is 0 Å². The van der Waals surface area contributed by atoms with Gasteiger partial charge in [-0.05, 0) is 52.1 Å². The molecule has 3 unspecified atom stereocenters. The zero-order valence-corrected chi connectivity index (χ0v) is 13.2. The Morgan fingerprint density at radius 1 is 1.25 bits per heavy atom. The van der Waals surface area contributed by atoms with Crippen molar-refractivity contribution in [2.45, 2.75) is 63.5 Å². The van der Waals surface area contributed by atoms with E-state index >= 15 is 0 Å². The Bertz CT molecular complexity index is 319. The topological polar surface area (TPSA) is 49.6 Å². The van der Waals surface area contributed by atoms with E-state index in [1.807, 2.05) is 0 Å². The molecule has 2 fully saturated rings. The number of piperidine rings is 1. The molecule has 20 heavy (non-hydrogen) atoms. The van der Waals surface area contributed by atoms with Crippen LogP contribution < -0.4 is 5.73 Å². The van der Waals surface area contributed by atoms with E-state index < -0.39 is 0 Å². The van der Waals surface area contributed by atoms with Gasteiger partial charge in [0.15, 0.2) is 0 Å². The van der Waals surface area contributed by atoms with Gasteiger partial charge in [-0.1, -0.05) is 12.8 Å². The number of rotatable bonds is 4. The van der Waals surface area contributed by atoms with Crippen molar-refractivity contribution in [1.82, 2.24) is 9.80 Å². The average Bonchev–Trinajstić information content (AvgIpc) is 2.45. The van der Waals surface area contributed by atoms with Gasteiger partial charge in [0.1, 0.15) is 0 Å². The van der Waals surface area contributed by atoms with Gasteiger partial charge in [-0.3, -0.25) is 4.79 Å². The van der Waals surface area contributed by atoms with Crippen LogP contribution in [0, 0.1) is 5.92 Å². The Kier molecular flexibility index (Phi) is 5.85. The Morgan fingerprint density at radius 2 is 2.05 bits per heavy atom. The van der Waals surface area contributed by atoms with Crippen LogP contribution in [-0.2, 0) is 4.79 Å². The van der Waals surface area contributed by atoms with E-state index in [4.69, 9.17) is 5.73 Å². The van der Waals surface area contributed by atoms with E-state index in [1.54, 1.807) is 0 Å². The molecule has 2 rings (SSSR count). The van der Waals surface area contributed by atoms with E-state index in [0.29, 0.717) is 23.9 Å². The predicted octanol–water partition coefficient (Wildman–Crippen LogP) is 1.84. The first-order chi connectivity index (χ1) is 9.56. The number of likely N-dealkylation sites (tertiary alicyclic amines) is 1. The molecular formula is C16H31N3O. The number of nitrogens with zero attached hydrogens (tertiary/aromatic N) is 2. The van der Waals surface area contributed by atoms with Crippen molar-refractivity contribution in [1.29, 1.82) is 0 Å². The Balaban J connectivity index is 1.73. The summed E-state index contributed by atoms with van der Waals surface area (Å²) in [4.78, 5) is 16.7. The van der Waals surface area contributed by atoms with Crippen molar-refractivity contribution >= 4 is 5.91 Å². The van der Waals surface area contributed by atoms with Crippen LogP contribution in [0.25, 0.3) is 0 Å². The van der Waals surface area contributed by atoms with Gasteiger partial charge >= 0.3 is 0 Å². The standard InChI is InChI=1S/C16H31N3O/c1-18(2)15-7-4-10-19(12-15)16(20)9-8-13-5-3-6-14(17)11-13/h13-15H,3-12,17H2,1-2H3. The molecule has 1 amide bonds. The van der Waals surface area contributed by atoms with Crippen LogP contribution in [0.1, 0.15) is 51.4 Å². The summed E-state index contributed by atoms with van der Waals surface area (Å²) in [7, 11) is 4.23. The molecule has 1 aliphatic carbocycles. The molecular weight excluding hydrogens is 250 g/mol. The molecule has 4 heteroatoms. The van der Waals surface area contributed by atoms with Crippen molar-refractivity contribution in [3.63, 3.8) is 0 Å². The third-order valence-electron chi connectivity index (χ3n) is 5.07. The highest BCUT2D eigenvalue weighted by molar-refractivity contribution is 5.76. The molecule has 1 saturated heterocycles. The number of nitrogens with two attached hydrogens (primary N) is 1. The molecule has 3 atom stereocenters. The molecule has 0 bridgehead atoms. The van der Waals surface area contributed by atoms with E-state index in [-0.39, 0.29) is 0 Å². The molecule has 0 aromatic carbocycles. The lowest BCUT2D eigenvalue weighted by molar-refractivity contribution is -0.133. The summed E-state index contributed by atoms with van der Waals surface area (Å²) in [5.41, 5.74) is 6.02. The summed E-state index contributed by atoms with van der Waals surface area (Å²) < 4.78 is 0. The van der Waals surface area contributed by atoms with Crippen molar-refractivity contribution in [3.05, 3.63) is 0 Å². The molecule has 1 saturated carbocycles. The van der Waals surface area contributed by atoms with Crippen molar-refractivity contribution < 1.29 is 4.79 Å². The van der Waals surface area contributed by atoms with Gasteiger partial charge in [-0.25, -0.2) is 0 Å². The van der Waals surface area contributed by atoms with Gasteiger partial charge in [0.2, 0.25) is 5.91 Å². The average molecular weight is 281 g/mol. The smallest absolute Gasteiger partial charge is 0.222 e. The Morgan fingerprint density at radius 3 is 2.75 bits per heavy atom. The second kappa shape index (κ2) is 7.41. The van der Waals surface area contributed by atoms with Crippen LogP contribution in [-0.4, -0.2) is 55.0 Å². The van der Waals surface area contributed by atoms with Crippen molar-refractivity contribution in [3.8, 4) is 0 Å². The molecule has 1 heterocycles. The molecule has 2 N–H and O–H groups in total. The Hall–Kier alpha value is -0.610. The maximum absolute atomic E-state index is 12.4. The Labute approximate surface area is 123 Å². The fraction of sp³-hybridized carbons (Fsp3) is 0.938.